The number of hydrazine groups is 1. The fourth-order valence-electron chi connectivity index (χ4n) is 3.58. The van der Waals surface area contributed by atoms with E-state index in [1.807, 2.05) is 53.9 Å². The number of benzene rings is 2. The zero-order valence-electron chi connectivity index (χ0n) is 15.6. The lowest BCUT2D eigenvalue weighted by Gasteiger charge is -2.18. The molecule has 7 nitrogen and oxygen atoms in total. The summed E-state index contributed by atoms with van der Waals surface area (Å²) < 4.78 is 11.2. The van der Waals surface area contributed by atoms with Crippen LogP contribution in [-0.4, -0.2) is 30.6 Å². The summed E-state index contributed by atoms with van der Waals surface area (Å²) in [5, 5.41) is 5.48. The SMILES string of the molecule is O=C(Nc1nc(-c2ccc3c(c2)OCCO3)cs1)C1CNNC1c1ccccc1. The number of ether oxygens (including phenoxy) is 2. The van der Waals surface area contributed by atoms with Gasteiger partial charge in [-0.25, -0.2) is 10.4 Å². The molecular weight excluding hydrogens is 388 g/mol. The Kier molecular flexibility index (Phi) is 4.89. The second kappa shape index (κ2) is 7.82. The molecule has 0 saturated carbocycles. The van der Waals surface area contributed by atoms with Gasteiger partial charge in [-0.15, -0.1) is 11.3 Å². The molecule has 0 bridgehead atoms. The van der Waals surface area contributed by atoms with E-state index < -0.39 is 0 Å². The van der Waals surface area contributed by atoms with Crippen molar-refractivity contribution in [2.75, 3.05) is 25.1 Å². The highest BCUT2D eigenvalue weighted by Crippen LogP contribution is 2.35. The summed E-state index contributed by atoms with van der Waals surface area (Å²) in [5.74, 6) is 1.19. The second-order valence-corrected chi connectivity index (χ2v) is 7.76. The van der Waals surface area contributed by atoms with Crippen LogP contribution < -0.4 is 25.6 Å². The molecule has 2 atom stereocenters. The Hall–Kier alpha value is -2.94. The number of aromatic nitrogens is 1. The first kappa shape index (κ1) is 18.1. The van der Waals surface area contributed by atoms with Gasteiger partial charge in [0.05, 0.1) is 17.7 Å². The zero-order chi connectivity index (χ0) is 19.6. The molecule has 3 heterocycles. The molecule has 5 rings (SSSR count). The highest BCUT2D eigenvalue weighted by molar-refractivity contribution is 7.14. The topological polar surface area (TPSA) is 84.5 Å². The van der Waals surface area contributed by atoms with Crippen LogP contribution in [0.5, 0.6) is 11.5 Å². The Bertz CT molecular complexity index is 1020. The Morgan fingerprint density at radius 3 is 2.79 bits per heavy atom. The lowest BCUT2D eigenvalue weighted by atomic mass is 9.94. The fraction of sp³-hybridized carbons (Fsp3) is 0.238. The maximum atomic E-state index is 12.9. The molecule has 1 amide bonds. The maximum Gasteiger partial charge on any atom is 0.232 e. The number of thiazole rings is 1. The van der Waals surface area contributed by atoms with E-state index in [0.717, 1.165) is 28.3 Å². The summed E-state index contributed by atoms with van der Waals surface area (Å²) in [6.45, 7) is 1.67. The Labute approximate surface area is 172 Å². The molecule has 3 aromatic rings. The first-order chi connectivity index (χ1) is 14.3. The number of carbonyl (C=O) groups is 1. The minimum Gasteiger partial charge on any atom is -0.486 e. The first-order valence-electron chi connectivity index (χ1n) is 9.48. The van der Waals surface area contributed by atoms with Gasteiger partial charge in [0.15, 0.2) is 16.6 Å². The van der Waals surface area contributed by atoms with Crippen molar-refractivity contribution in [3.63, 3.8) is 0 Å². The van der Waals surface area contributed by atoms with E-state index in [9.17, 15) is 4.79 Å². The predicted molar refractivity (Wildman–Crippen MR) is 111 cm³/mol. The third kappa shape index (κ3) is 3.69. The average molecular weight is 408 g/mol. The molecule has 2 aliphatic heterocycles. The molecule has 1 saturated heterocycles. The summed E-state index contributed by atoms with van der Waals surface area (Å²) >= 11 is 1.41. The first-order valence-corrected chi connectivity index (χ1v) is 10.4. The van der Waals surface area contributed by atoms with Gasteiger partial charge < -0.3 is 14.8 Å². The van der Waals surface area contributed by atoms with Crippen LogP contribution in [0.3, 0.4) is 0 Å². The van der Waals surface area contributed by atoms with E-state index in [4.69, 9.17) is 9.47 Å². The maximum absolute atomic E-state index is 12.9. The van der Waals surface area contributed by atoms with E-state index >= 15 is 0 Å². The summed E-state index contributed by atoms with van der Waals surface area (Å²) in [7, 11) is 0. The van der Waals surface area contributed by atoms with E-state index in [1.54, 1.807) is 0 Å². The van der Waals surface area contributed by atoms with Gasteiger partial charge in [0.25, 0.3) is 0 Å². The second-order valence-electron chi connectivity index (χ2n) is 6.91. The molecule has 3 N–H and O–H groups in total. The van der Waals surface area contributed by atoms with Crippen molar-refractivity contribution in [3.05, 3.63) is 59.5 Å². The molecule has 0 radical (unpaired) electrons. The van der Waals surface area contributed by atoms with Crippen molar-refractivity contribution >= 4 is 22.4 Å². The number of rotatable bonds is 4. The van der Waals surface area contributed by atoms with Crippen LogP contribution >= 0.6 is 11.3 Å². The van der Waals surface area contributed by atoms with Crippen LogP contribution in [0.2, 0.25) is 0 Å². The van der Waals surface area contributed by atoms with E-state index in [2.05, 4.69) is 21.2 Å². The highest BCUT2D eigenvalue weighted by Gasteiger charge is 2.34. The number of fused-ring (bicyclic) bond motifs is 1. The number of hydrogen-bond donors (Lipinski definition) is 3. The van der Waals surface area contributed by atoms with E-state index in [0.29, 0.717) is 24.9 Å². The molecule has 2 aliphatic rings. The normalized spacial score (nSPS) is 20.4. The number of carbonyl (C=O) groups excluding carboxylic acids is 1. The number of nitrogens with zero attached hydrogens (tertiary/aromatic N) is 1. The van der Waals surface area contributed by atoms with Crippen LogP contribution in [-0.2, 0) is 4.79 Å². The van der Waals surface area contributed by atoms with E-state index in [-0.39, 0.29) is 17.9 Å². The number of nitrogens with one attached hydrogen (secondary N) is 3. The lowest BCUT2D eigenvalue weighted by Crippen LogP contribution is -2.29. The van der Waals surface area contributed by atoms with Crippen LogP contribution in [0.1, 0.15) is 11.6 Å². The summed E-state index contributed by atoms with van der Waals surface area (Å²) in [6.07, 6.45) is 0. The molecule has 1 aromatic heterocycles. The lowest BCUT2D eigenvalue weighted by molar-refractivity contribution is -0.119. The third-order valence-corrected chi connectivity index (χ3v) is 5.81. The largest absolute Gasteiger partial charge is 0.486 e. The molecule has 29 heavy (non-hydrogen) atoms. The highest BCUT2D eigenvalue weighted by atomic mass is 32.1. The van der Waals surface area contributed by atoms with Crippen molar-refractivity contribution < 1.29 is 14.3 Å². The monoisotopic (exact) mass is 408 g/mol. The average Bonchev–Trinajstić information content (AvgIpc) is 3.44. The van der Waals surface area contributed by atoms with Crippen molar-refractivity contribution in [1.82, 2.24) is 15.8 Å². The van der Waals surface area contributed by atoms with Crippen LogP contribution in [0.4, 0.5) is 5.13 Å². The number of amides is 1. The molecular formula is C21H20N4O3S. The quantitative estimate of drug-likeness (QED) is 0.616. The molecule has 0 aliphatic carbocycles. The van der Waals surface area contributed by atoms with Crippen molar-refractivity contribution in [3.8, 4) is 22.8 Å². The Balaban J connectivity index is 1.30. The predicted octanol–water partition coefficient (Wildman–Crippen LogP) is 2.99. The molecule has 148 valence electrons. The molecule has 2 aromatic carbocycles. The minimum atomic E-state index is -0.223. The zero-order valence-corrected chi connectivity index (χ0v) is 16.4. The van der Waals surface area contributed by atoms with Crippen molar-refractivity contribution in [2.24, 2.45) is 5.92 Å². The molecule has 8 heteroatoms. The summed E-state index contributed by atoms with van der Waals surface area (Å²) in [4.78, 5) is 17.5. The smallest absolute Gasteiger partial charge is 0.232 e. The van der Waals surface area contributed by atoms with Gasteiger partial charge in [-0.2, -0.15) is 0 Å². The molecule has 0 spiro atoms. The minimum absolute atomic E-state index is 0.0561. The van der Waals surface area contributed by atoms with Gasteiger partial charge in [-0.3, -0.25) is 10.2 Å². The van der Waals surface area contributed by atoms with Gasteiger partial charge in [0.1, 0.15) is 13.2 Å². The Morgan fingerprint density at radius 1 is 1.10 bits per heavy atom. The van der Waals surface area contributed by atoms with Gasteiger partial charge in [-0.1, -0.05) is 30.3 Å². The number of anilines is 1. The van der Waals surface area contributed by atoms with Crippen LogP contribution in [0.15, 0.2) is 53.9 Å². The van der Waals surface area contributed by atoms with Gasteiger partial charge in [-0.05, 0) is 23.8 Å². The third-order valence-electron chi connectivity index (χ3n) is 5.05. The molecule has 1 fully saturated rings. The van der Waals surface area contributed by atoms with Crippen molar-refractivity contribution in [1.29, 1.82) is 0 Å². The number of hydrogen-bond acceptors (Lipinski definition) is 7. The van der Waals surface area contributed by atoms with Crippen LogP contribution in [0, 0.1) is 5.92 Å². The fourth-order valence-corrected chi connectivity index (χ4v) is 4.30. The molecule has 2 unspecified atom stereocenters. The summed E-state index contributed by atoms with van der Waals surface area (Å²) in [5.41, 5.74) is 9.09. The van der Waals surface area contributed by atoms with Crippen LogP contribution in [0.25, 0.3) is 11.3 Å². The standard InChI is InChI=1S/C21H20N4O3S/c26-20(15-11-22-25-19(15)13-4-2-1-3-5-13)24-21-23-16(12-29-21)14-6-7-17-18(10-14)28-9-8-27-17/h1-7,10,12,15,19,22,25H,8-9,11H2,(H,23,24,26). The summed E-state index contributed by atoms with van der Waals surface area (Å²) in [6, 6.07) is 15.7. The van der Waals surface area contributed by atoms with Gasteiger partial charge in [0.2, 0.25) is 5.91 Å². The van der Waals surface area contributed by atoms with Gasteiger partial charge >= 0.3 is 0 Å². The van der Waals surface area contributed by atoms with Crippen molar-refractivity contribution in [2.45, 2.75) is 6.04 Å². The van der Waals surface area contributed by atoms with E-state index in [1.165, 1.54) is 11.3 Å². The van der Waals surface area contributed by atoms with Gasteiger partial charge in [0, 0.05) is 17.5 Å². The Morgan fingerprint density at radius 2 is 1.93 bits per heavy atom.